The summed E-state index contributed by atoms with van der Waals surface area (Å²) in [4.78, 5) is 29.5. The molecular formula is C24H37N3O6. The predicted molar refractivity (Wildman–Crippen MR) is 123 cm³/mol. The van der Waals surface area contributed by atoms with Crippen molar-refractivity contribution in [1.82, 2.24) is 9.80 Å². The van der Waals surface area contributed by atoms with E-state index in [9.17, 15) is 9.59 Å². The molecule has 1 aromatic rings. The minimum Gasteiger partial charge on any atom is -0.493 e. The van der Waals surface area contributed by atoms with Crippen molar-refractivity contribution in [1.29, 1.82) is 0 Å². The lowest BCUT2D eigenvalue weighted by atomic mass is 10.0. The standard InChI is InChI=1S/C24H37N3O6/c1-16(17-6-9-19(30-5)20(14-17)31-12-10-25)27(18-7-8-18)22(28)21-15-26(11-13-32-21)23(29)33-24(2,3)4/h6,9,14,16,18,21H,7-8,10-13,15,25H2,1-5H3/t16?,21-/m1/s1. The lowest BCUT2D eigenvalue weighted by Crippen LogP contribution is -2.54. The van der Waals surface area contributed by atoms with E-state index in [1.807, 2.05) is 50.8 Å². The Labute approximate surface area is 196 Å². The van der Waals surface area contributed by atoms with Gasteiger partial charge in [-0.05, 0) is 58.2 Å². The van der Waals surface area contributed by atoms with Crippen LogP contribution in [0.25, 0.3) is 0 Å². The molecule has 2 amide bonds. The van der Waals surface area contributed by atoms with Crippen LogP contribution in [0, 0.1) is 0 Å². The summed E-state index contributed by atoms with van der Waals surface area (Å²) in [5.74, 6) is 1.10. The summed E-state index contributed by atoms with van der Waals surface area (Å²) in [6.45, 7) is 9.11. The Hall–Kier alpha value is -2.52. The van der Waals surface area contributed by atoms with Gasteiger partial charge in [0.1, 0.15) is 12.2 Å². The third-order valence-corrected chi connectivity index (χ3v) is 5.65. The number of ether oxygens (including phenoxy) is 4. The molecule has 2 atom stereocenters. The van der Waals surface area contributed by atoms with Crippen LogP contribution >= 0.6 is 0 Å². The Bertz CT molecular complexity index is 836. The monoisotopic (exact) mass is 463 g/mol. The van der Waals surface area contributed by atoms with Crippen LogP contribution in [-0.4, -0.2) is 79.5 Å². The van der Waals surface area contributed by atoms with Gasteiger partial charge in [-0.25, -0.2) is 4.79 Å². The quantitative estimate of drug-likeness (QED) is 0.632. The Morgan fingerprint density at radius 1 is 1.27 bits per heavy atom. The molecule has 1 saturated heterocycles. The molecule has 0 radical (unpaired) electrons. The average molecular weight is 464 g/mol. The molecule has 1 saturated carbocycles. The number of benzene rings is 1. The van der Waals surface area contributed by atoms with Crippen molar-refractivity contribution in [2.75, 3.05) is 40.0 Å². The summed E-state index contributed by atoms with van der Waals surface area (Å²) in [5.41, 5.74) is 5.92. The van der Waals surface area contributed by atoms with Crippen molar-refractivity contribution in [2.45, 2.75) is 64.3 Å². The predicted octanol–water partition coefficient (Wildman–Crippen LogP) is 2.72. The van der Waals surface area contributed by atoms with E-state index in [0.29, 0.717) is 37.8 Å². The number of carbonyl (C=O) groups excluding carboxylic acids is 2. The fraction of sp³-hybridized carbons (Fsp3) is 0.667. The summed E-state index contributed by atoms with van der Waals surface area (Å²) >= 11 is 0. The number of hydrogen-bond acceptors (Lipinski definition) is 7. The smallest absolute Gasteiger partial charge is 0.410 e. The summed E-state index contributed by atoms with van der Waals surface area (Å²) < 4.78 is 22.4. The summed E-state index contributed by atoms with van der Waals surface area (Å²) in [6, 6.07) is 5.64. The van der Waals surface area contributed by atoms with Crippen LogP contribution in [-0.2, 0) is 14.3 Å². The number of nitrogens with two attached hydrogens (primary N) is 1. The van der Waals surface area contributed by atoms with Gasteiger partial charge in [-0.1, -0.05) is 6.07 Å². The molecule has 9 nitrogen and oxygen atoms in total. The molecule has 1 heterocycles. The van der Waals surface area contributed by atoms with E-state index >= 15 is 0 Å². The molecule has 184 valence electrons. The third kappa shape index (κ3) is 6.51. The van der Waals surface area contributed by atoms with Crippen LogP contribution in [0.4, 0.5) is 4.79 Å². The Morgan fingerprint density at radius 3 is 2.61 bits per heavy atom. The van der Waals surface area contributed by atoms with Crippen LogP contribution in [0.5, 0.6) is 11.5 Å². The van der Waals surface area contributed by atoms with Gasteiger partial charge in [-0.15, -0.1) is 0 Å². The molecule has 0 aromatic heterocycles. The molecule has 2 aliphatic rings. The number of nitrogens with zero attached hydrogens (tertiary/aromatic N) is 2. The number of hydrogen-bond donors (Lipinski definition) is 1. The molecule has 1 aliphatic heterocycles. The highest BCUT2D eigenvalue weighted by Crippen LogP contribution is 2.38. The third-order valence-electron chi connectivity index (χ3n) is 5.65. The van der Waals surface area contributed by atoms with Gasteiger partial charge in [-0.3, -0.25) is 4.79 Å². The first-order chi connectivity index (χ1) is 15.6. The van der Waals surface area contributed by atoms with E-state index < -0.39 is 17.8 Å². The highest BCUT2D eigenvalue weighted by Gasteiger charge is 2.42. The maximum Gasteiger partial charge on any atom is 0.410 e. The summed E-state index contributed by atoms with van der Waals surface area (Å²) in [7, 11) is 1.59. The van der Waals surface area contributed by atoms with Gasteiger partial charge in [0.2, 0.25) is 0 Å². The van der Waals surface area contributed by atoms with E-state index in [-0.39, 0.29) is 24.5 Å². The first kappa shape index (κ1) is 25.1. The van der Waals surface area contributed by atoms with Crippen molar-refractivity contribution >= 4 is 12.0 Å². The van der Waals surface area contributed by atoms with E-state index in [1.165, 1.54) is 0 Å². The second-order valence-electron chi connectivity index (χ2n) is 9.49. The van der Waals surface area contributed by atoms with Crippen molar-refractivity contribution < 1.29 is 28.5 Å². The maximum absolute atomic E-state index is 13.6. The molecule has 2 N–H and O–H groups in total. The molecule has 1 aromatic carbocycles. The Morgan fingerprint density at radius 2 is 2.00 bits per heavy atom. The topological polar surface area (TPSA) is 104 Å². The number of amides is 2. The van der Waals surface area contributed by atoms with Crippen LogP contribution in [0.15, 0.2) is 18.2 Å². The fourth-order valence-corrected chi connectivity index (χ4v) is 3.89. The van der Waals surface area contributed by atoms with Crippen molar-refractivity contribution in [3.05, 3.63) is 23.8 Å². The molecule has 0 bridgehead atoms. The Kier molecular flexibility index (Phi) is 8.07. The maximum atomic E-state index is 13.6. The van der Waals surface area contributed by atoms with Crippen LogP contribution in [0.1, 0.15) is 52.1 Å². The molecule has 3 rings (SSSR count). The highest BCUT2D eigenvalue weighted by molar-refractivity contribution is 5.83. The van der Waals surface area contributed by atoms with Gasteiger partial charge in [0, 0.05) is 19.1 Å². The first-order valence-electron chi connectivity index (χ1n) is 11.6. The van der Waals surface area contributed by atoms with Crippen molar-refractivity contribution in [2.24, 2.45) is 5.73 Å². The summed E-state index contributed by atoms with van der Waals surface area (Å²) in [5, 5.41) is 0. The number of methoxy groups -OCH3 is 1. The van der Waals surface area contributed by atoms with Gasteiger partial charge in [0.05, 0.1) is 26.3 Å². The van der Waals surface area contributed by atoms with E-state index in [4.69, 9.17) is 24.7 Å². The van der Waals surface area contributed by atoms with Crippen LogP contribution in [0.3, 0.4) is 0 Å². The second kappa shape index (κ2) is 10.6. The molecule has 9 heteroatoms. The zero-order valence-corrected chi connectivity index (χ0v) is 20.3. The molecule has 2 fully saturated rings. The van der Waals surface area contributed by atoms with Gasteiger partial charge in [-0.2, -0.15) is 0 Å². The number of carbonyl (C=O) groups is 2. The van der Waals surface area contributed by atoms with Crippen LogP contribution in [0.2, 0.25) is 0 Å². The van der Waals surface area contributed by atoms with Gasteiger partial charge in [0.25, 0.3) is 5.91 Å². The van der Waals surface area contributed by atoms with Crippen molar-refractivity contribution in [3.63, 3.8) is 0 Å². The summed E-state index contributed by atoms with van der Waals surface area (Å²) in [6.07, 6.45) is 0.753. The van der Waals surface area contributed by atoms with E-state index in [2.05, 4.69) is 0 Å². The molecule has 33 heavy (non-hydrogen) atoms. The van der Waals surface area contributed by atoms with E-state index in [0.717, 1.165) is 18.4 Å². The van der Waals surface area contributed by atoms with Crippen molar-refractivity contribution in [3.8, 4) is 11.5 Å². The van der Waals surface area contributed by atoms with E-state index in [1.54, 1.807) is 12.0 Å². The minimum absolute atomic E-state index is 0.112. The normalized spacial score (nSPS) is 19.6. The van der Waals surface area contributed by atoms with Gasteiger partial charge in [0.15, 0.2) is 17.6 Å². The SMILES string of the molecule is COc1ccc(C(C)N(C(=O)[C@H]2CN(C(=O)OC(C)(C)C)CCO2)C2CC2)cc1OCCN. The molecule has 0 spiro atoms. The lowest BCUT2D eigenvalue weighted by molar-refractivity contribution is -0.151. The second-order valence-corrected chi connectivity index (χ2v) is 9.49. The highest BCUT2D eigenvalue weighted by atomic mass is 16.6. The lowest BCUT2D eigenvalue weighted by Gasteiger charge is -2.38. The zero-order valence-electron chi connectivity index (χ0n) is 20.3. The minimum atomic E-state index is -0.722. The molecule has 1 aliphatic carbocycles. The van der Waals surface area contributed by atoms with Gasteiger partial charge < -0.3 is 34.5 Å². The zero-order chi connectivity index (χ0) is 24.2. The average Bonchev–Trinajstić information content (AvgIpc) is 3.61. The Balaban J connectivity index is 1.76. The first-order valence-corrected chi connectivity index (χ1v) is 11.6. The largest absolute Gasteiger partial charge is 0.493 e. The van der Waals surface area contributed by atoms with Crippen LogP contribution < -0.4 is 15.2 Å². The fourth-order valence-electron chi connectivity index (χ4n) is 3.89. The number of morpholine rings is 1. The molecule has 1 unspecified atom stereocenters. The number of rotatable bonds is 8. The van der Waals surface area contributed by atoms with Gasteiger partial charge >= 0.3 is 6.09 Å². The molecular weight excluding hydrogens is 426 g/mol.